The Bertz CT molecular complexity index is 498. The van der Waals surface area contributed by atoms with Gasteiger partial charge in [0, 0.05) is 5.69 Å². The number of aromatic nitrogens is 2. The van der Waals surface area contributed by atoms with E-state index in [0.717, 1.165) is 35.0 Å². The Hall–Kier alpha value is -1.49. The molecule has 0 radical (unpaired) electrons. The summed E-state index contributed by atoms with van der Waals surface area (Å²) in [4.78, 5) is 4.36. The minimum Gasteiger partial charge on any atom is -0.398 e. The molecule has 2 N–H and O–H groups in total. The van der Waals surface area contributed by atoms with E-state index in [0.29, 0.717) is 12.3 Å². The Kier molecular flexibility index (Phi) is 4.64. The summed E-state index contributed by atoms with van der Waals surface area (Å²) in [7, 11) is 0. The lowest BCUT2D eigenvalue weighted by Crippen LogP contribution is -1.95. The Morgan fingerprint density at radius 1 is 1.33 bits per heavy atom. The molecule has 5 heteroatoms. The first-order chi connectivity index (χ1) is 8.79. The molecular formula is C13H17N3OS. The molecule has 0 aliphatic carbocycles. The van der Waals surface area contributed by atoms with Crippen LogP contribution >= 0.6 is 11.8 Å². The van der Waals surface area contributed by atoms with Gasteiger partial charge in [-0.2, -0.15) is 16.7 Å². The molecule has 0 spiro atoms. The van der Waals surface area contributed by atoms with Crippen LogP contribution in [-0.4, -0.2) is 15.9 Å². The van der Waals surface area contributed by atoms with Crippen LogP contribution in [0.5, 0.6) is 0 Å². The number of rotatable bonds is 6. The van der Waals surface area contributed by atoms with Crippen molar-refractivity contribution in [2.75, 3.05) is 11.5 Å². The first kappa shape index (κ1) is 13.0. The Balaban J connectivity index is 1.96. The maximum atomic E-state index is 5.88. The molecular weight excluding hydrogens is 246 g/mol. The first-order valence-corrected chi connectivity index (χ1v) is 7.17. The smallest absolute Gasteiger partial charge is 0.231 e. The standard InChI is InChI=1S/C13H17N3OS/c1-2-7-18-9-12-15-13(17-16-12)8-10-5-3-4-6-11(10)14/h3-6H,2,7-9,14H2,1H3. The van der Waals surface area contributed by atoms with Crippen LogP contribution in [0, 0.1) is 0 Å². The molecule has 2 rings (SSSR count). The molecule has 1 aromatic heterocycles. The van der Waals surface area contributed by atoms with Gasteiger partial charge in [-0.15, -0.1) is 0 Å². The minimum absolute atomic E-state index is 0.595. The second kappa shape index (κ2) is 6.44. The summed E-state index contributed by atoms with van der Waals surface area (Å²) in [6.07, 6.45) is 1.76. The van der Waals surface area contributed by atoms with E-state index in [1.54, 1.807) is 0 Å². The van der Waals surface area contributed by atoms with Crippen molar-refractivity contribution in [2.45, 2.75) is 25.5 Å². The van der Waals surface area contributed by atoms with Crippen molar-refractivity contribution in [1.82, 2.24) is 10.1 Å². The van der Waals surface area contributed by atoms with E-state index < -0.39 is 0 Å². The Morgan fingerprint density at radius 3 is 2.94 bits per heavy atom. The summed E-state index contributed by atoms with van der Waals surface area (Å²) in [5, 5.41) is 3.97. The Morgan fingerprint density at radius 2 is 2.17 bits per heavy atom. The van der Waals surface area contributed by atoms with Crippen LogP contribution in [0.3, 0.4) is 0 Å². The zero-order chi connectivity index (χ0) is 12.8. The van der Waals surface area contributed by atoms with Crippen LogP contribution < -0.4 is 5.73 Å². The molecule has 1 heterocycles. The number of benzene rings is 1. The fourth-order valence-electron chi connectivity index (χ4n) is 1.59. The van der Waals surface area contributed by atoms with Crippen LogP contribution in [-0.2, 0) is 12.2 Å². The number of nitrogen functional groups attached to an aromatic ring is 1. The molecule has 0 unspecified atom stereocenters. The van der Waals surface area contributed by atoms with Crippen molar-refractivity contribution >= 4 is 17.4 Å². The molecule has 96 valence electrons. The fourth-order valence-corrected chi connectivity index (χ4v) is 2.32. The van der Waals surface area contributed by atoms with E-state index in [4.69, 9.17) is 10.3 Å². The van der Waals surface area contributed by atoms with Gasteiger partial charge < -0.3 is 10.3 Å². The zero-order valence-electron chi connectivity index (χ0n) is 10.4. The van der Waals surface area contributed by atoms with Crippen molar-refractivity contribution < 1.29 is 4.52 Å². The second-order valence-electron chi connectivity index (χ2n) is 4.03. The van der Waals surface area contributed by atoms with E-state index in [-0.39, 0.29) is 0 Å². The van der Waals surface area contributed by atoms with Crippen molar-refractivity contribution in [3.8, 4) is 0 Å². The molecule has 0 saturated heterocycles. The molecule has 0 saturated carbocycles. The van der Waals surface area contributed by atoms with Crippen molar-refractivity contribution in [3.05, 3.63) is 41.5 Å². The molecule has 0 aliphatic rings. The molecule has 4 nitrogen and oxygen atoms in total. The molecule has 1 aromatic carbocycles. The summed E-state index contributed by atoms with van der Waals surface area (Å²) in [5.41, 5.74) is 7.66. The molecule has 0 atom stereocenters. The number of nitrogens with two attached hydrogens (primary N) is 1. The monoisotopic (exact) mass is 263 g/mol. The number of hydrogen-bond donors (Lipinski definition) is 1. The third kappa shape index (κ3) is 3.50. The normalized spacial score (nSPS) is 10.7. The number of hydrogen-bond acceptors (Lipinski definition) is 5. The summed E-state index contributed by atoms with van der Waals surface area (Å²) in [6.45, 7) is 2.16. The van der Waals surface area contributed by atoms with Gasteiger partial charge in [0.1, 0.15) is 0 Å². The van der Waals surface area contributed by atoms with E-state index in [1.807, 2.05) is 36.0 Å². The van der Waals surface area contributed by atoms with Crippen LogP contribution in [0.1, 0.15) is 30.6 Å². The quantitative estimate of drug-likeness (QED) is 0.641. The van der Waals surface area contributed by atoms with Gasteiger partial charge in [-0.1, -0.05) is 30.3 Å². The molecule has 0 fully saturated rings. The Labute approximate surface area is 111 Å². The summed E-state index contributed by atoms with van der Waals surface area (Å²) >= 11 is 1.82. The second-order valence-corrected chi connectivity index (χ2v) is 5.14. The summed E-state index contributed by atoms with van der Waals surface area (Å²) < 4.78 is 5.22. The average Bonchev–Trinajstić information content (AvgIpc) is 2.80. The number of anilines is 1. The average molecular weight is 263 g/mol. The van der Waals surface area contributed by atoms with E-state index in [2.05, 4.69) is 17.1 Å². The van der Waals surface area contributed by atoms with Gasteiger partial charge in [-0.05, 0) is 23.8 Å². The summed E-state index contributed by atoms with van der Waals surface area (Å²) in [6, 6.07) is 7.73. The third-order valence-electron chi connectivity index (χ3n) is 2.49. The highest BCUT2D eigenvalue weighted by atomic mass is 32.2. The first-order valence-electron chi connectivity index (χ1n) is 6.02. The van der Waals surface area contributed by atoms with Crippen LogP contribution in [0.2, 0.25) is 0 Å². The maximum Gasteiger partial charge on any atom is 0.231 e. The number of para-hydroxylation sites is 1. The number of nitrogens with zero attached hydrogens (tertiary/aromatic N) is 2. The SMILES string of the molecule is CCCSCc1noc(Cc2ccccc2N)n1. The van der Waals surface area contributed by atoms with E-state index >= 15 is 0 Å². The third-order valence-corrected chi connectivity index (χ3v) is 3.65. The van der Waals surface area contributed by atoms with Gasteiger partial charge in [0.2, 0.25) is 5.89 Å². The van der Waals surface area contributed by atoms with E-state index in [9.17, 15) is 0 Å². The summed E-state index contributed by atoms with van der Waals surface area (Å²) in [5.74, 6) is 3.31. The fraction of sp³-hybridized carbons (Fsp3) is 0.385. The van der Waals surface area contributed by atoms with Crippen molar-refractivity contribution in [2.24, 2.45) is 0 Å². The molecule has 0 aliphatic heterocycles. The van der Waals surface area contributed by atoms with Gasteiger partial charge in [-0.25, -0.2) is 0 Å². The van der Waals surface area contributed by atoms with Crippen LogP contribution in [0.25, 0.3) is 0 Å². The van der Waals surface area contributed by atoms with Gasteiger partial charge in [0.15, 0.2) is 5.82 Å². The minimum atomic E-state index is 0.595. The lowest BCUT2D eigenvalue weighted by molar-refractivity contribution is 0.381. The van der Waals surface area contributed by atoms with Crippen molar-refractivity contribution in [3.63, 3.8) is 0 Å². The van der Waals surface area contributed by atoms with Gasteiger partial charge >= 0.3 is 0 Å². The van der Waals surface area contributed by atoms with Gasteiger partial charge in [0.25, 0.3) is 0 Å². The lowest BCUT2D eigenvalue weighted by Gasteiger charge is -2.00. The van der Waals surface area contributed by atoms with Gasteiger partial charge in [-0.3, -0.25) is 0 Å². The van der Waals surface area contributed by atoms with Crippen molar-refractivity contribution in [1.29, 1.82) is 0 Å². The maximum absolute atomic E-state index is 5.88. The predicted octanol–water partition coefficient (Wildman–Crippen LogP) is 2.89. The van der Waals surface area contributed by atoms with E-state index in [1.165, 1.54) is 0 Å². The highest BCUT2D eigenvalue weighted by Gasteiger charge is 2.08. The van der Waals surface area contributed by atoms with Crippen LogP contribution in [0.4, 0.5) is 5.69 Å². The lowest BCUT2D eigenvalue weighted by atomic mass is 10.1. The van der Waals surface area contributed by atoms with Crippen LogP contribution in [0.15, 0.2) is 28.8 Å². The van der Waals surface area contributed by atoms with Gasteiger partial charge in [0.05, 0.1) is 12.2 Å². The highest BCUT2D eigenvalue weighted by Crippen LogP contribution is 2.16. The molecule has 0 amide bonds. The zero-order valence-corrected chi connectivity index (χ0v) is 11.2. The topological polar surface area (TPSA) is 64.9 Å². The molecule has 2 aromatic rings. The highest BCUT2D eigenvalue weighted by molar-refractivity contribution is 7.98. The predicted molar refractivity (Wildman–Crippen MR) is 74.4 cm³/mol. The molecule has 18 heavy (non-hydrogen) atoms. The largest absolute Gasteiger partial charge is 0.398 e. The molecule has 0 bridgehead atoms. The number of thioether (sulfide) groups is 1.